The highest BCUT2D eigenvalue weighted by atomic mass is 19.3. The van der Waals surface area contributed by atoms with Crippen LogP contribution in [0.5, 0.6) is 11.5 Å². The van der Waals surface area contributed by atoms with E-state index in [0.717, 1.165) is 56.2 Å². The molecular weight excluding hydrogens is 558 g/mol. The molecule has 2 aliphatic rings. The first-order valence-electron chi connectivity index (χ1n) is 15.5. The minimum absolute atomic E-state index is 0.0740. The molecule has 2 aromatic carbocycles. The molecule has 234 valence electrons. The maximum Gasteiger partial charge on any atom is 0.283 e. The molecule has 2 aliphatic carbocycles. The Kier molecular flexibility index (Phi) is 11.9. The molecule has 1 unspecified atom stereocenters. The van der Waals surface area contributed by atoms with E-state index in [1.807, 2.05) is 0 Å². The molecule has 0 amide bonds. The second kappa shape index (κ2) is 15.3. The lowest BCUT2D eigenvalue weighted by molar-refractivity contribution is -0.0485. The second-order valence-electron chi connectivity index (χ2n) is 11.5. The van der Waals surface area contributed by atoms with Gasteiger partial charge in [-0.05, 0) is 62.1 Å². The lowest BCUT2D eigenvalue weighted by atomic mass is 9.76. The van der Waals surface area contributed by atoms with E-state index < -0.39 is 52.0 Å². The first kappa shape index (κ1) is 32.5. The summed E-state index contributed by atoms with van der Waals surface area (Å²) in [5, 5.41) is 0. The van der Waals surface area contributed by atoms with Gasteiger partial charge in [-0.25, -0.2) is 17.6 Å². The van der Waals surface area contributed by atoms with Gasteiger partial charge in [0.15, 0.2) is 23.1 Å². The van der Waals surface area contributed by atoms with Crippen LogP contribution in [-0.4, -0.2) is 26.4 Å². The largest absolute Gasteiger partial charge is 0.490 e. The van der Waals surface area contributed by atoms with Crippen LogP contribution in [0.15, 0.2) is 18.2 Å². The zero-order chi connectivity index (χ0) is 30.1. The standard InChI is InChI=1S/C33H42F6O3/c1-2-3-17-40-18-8-9-20-42-27-21-23-13-15-25(33(38,39)28(23)32(37)31(27)36)24-14-16-26(30(35)29(24)34)41-19-7-5-4-6-10-22-11-12-22/h14,16,21-22,25H,2-13,15,17-20H2,1H3. The Balaban J connectivity index is 1.36. The second-order valence-corrected chi connectivity index (χ2v) is 11.5. The molecule has 1 saturated carbocycles. The predicted molar refractivity (Wildman–Crippen MR) is 149 cm³/mol. The van der Waals surface area contributed by atoms with E-state index in [-0.39, 0.29) is 37.4 Å². The molecule has 9 heteroatoms. The van der Waals surface area contributed by atoms with Gasteiger partial charge in [-0.15, -0.1) is 0 Å². The minimum Gasteiger partial charge on any atom is -0.490 e. The fourth-order valence-corrected chi connectivity index (χ4v) is 5.56. The summed E-state index contributed by atoms with van der Waals surface area (Å²) in [6, 6.07) is 3.29. The first-order valence-corrected chi connectivity index (χ1v) is 15.5. The van der Waals surface area contributed by atoms with Crippen LogP contribution >= 0.6 is 0 Å². The number of ether oxygens (including phenoxy) is 3. The molecule has 0 bridgehead atoms. The summed E-state index contributed by atoms with van der Waals surface area (Å²) in [5.41, 5.74) is -1.82. The van der Waals surface area contributed by atoms with Gasteiger partial charge in [-0.2, -0.15) is 8.78 Å². The SMILES string of the molecule is CCCCOCCCCOc1cc2c(c(F)c1F)C(F)(F)C(c1ccc(OCCCCCCC3CC3)c(F)c1F)CC2. The van der Waals surface area contributed by atoms with Crippen molar-refractivity contribution in [3.8, 4) is 11.5 Å². The molecule has 0 heterocycles. The molecule has 0 radical (unpaired) electrons. The summed E-state index contributed by atoms with van der Waals surface area (Å²) in [6.07, 6.45) is 10.5. The Morgan fingerprint density at radius 3 is 2.10 bits per heavy atom. The van der Waals surface area contributed by atoms with E-state index in [4.69, 9.17) is 14.2 Å². The van der Waals surface area contributed by atoms with E-state index in [9.17, 15) is 8.78 Å². The highest BCUT2D eigenvalue weighted by Crippen LogP contribution is 2.52. The topological polar surface area (TPSA) is 27.7 Å². The average molecular weight is 601 g/mol. The van der Waals surface area contributed by atoms with E-state index in [1.54, 1.807) is 0 Å². The first-order chi connectivity index (χ1) is 20.3. The lowest BCUT2D eigenvalue weighted by Crippen LogP contribution is -2.32. The van der Waals surface area contributed by atoms with Crippen molar-refractivity contribution in [3.05, 3.63) is 58.2 Å². The molecule has 4 rings (SSSR count). The Bertz CT molecular complexity index is 1170. The van der Waals surface area contributed by atoms with Crippen LogP contribution in [0.4, 0.5) is 26.3 Å². The molecule has 0 saturated heterocycles. The highest BCUT2D eigenvalue weighted by Gasteiger charge is 2.50. The van der Waals surface area contributed by atoms with Gasteiger partial charge in [-0.1, -0.05) is 57.9 Å². The number of aryl methyl sites for hydroxylation is 1. The van der Waals surface area contributed by atoms with Crippen LogP contribution in [0, 0.1) is 29.2 Å². The number of hydrogen-bond acceptors (Lipinski definition) is 3. The summed E-state index contributed by atoms with van der Waals surface area (Å²) in [4.78, 5) is 0. The van der Waals surface area contributed by atoms with Gasteiger partial charge in [0.05, 0.1) is 24.7 Å². The van der Waals surface area contributed by atoms with Gasteiger partial charge in [0.25, 0.3) is 5.92 Å². The Morgan fingerprint density at radius 1 is 0.714 bits per heavy atom. The molecule has 3 nitrogen and oxygen atoms in total. The molecule has 0 spiro atoms. The van der Waals surface area contributed by atoms with Crippen molar-refractivity contribution in [1.82, 2.24) is 0 Å². The maximum atomic E-state index is 15.6. The van der Waals surface area contributed by atoms with Crippen molar-refractivity contribution in [2.75, 3.05) is 26.4 Å². The van der Waals surface area contributed by atoms with E-state index in [0.29, 0.717) is 32.5 Å². The molecule has 42 heavy (non-hydrogen) atoms. The van der Waals surface area contributed by atoms with Gasteiger partial charge in [-0.3, -0.25) is 0 Å². The number of unbranched alkanes of at least 4 members (excludes halogenated alkanes) is 5. The average Bonchev–Trinajstić information content (AvgIpc) is 3.79. The van der Waals surface area contributed by atoms with Crippen molar-refractivity contribution in [1.29, 1.82) is 0 Å². The normalized spacial score (nSPS) is 17.7. The van der Waals surface area contributed by atoms with Crippen LogP contribution in [0.3, 0.4) is 0 Å². The van der Waals surface area contributed by atoms with Crippen LogP contribution in [0.25, 0.3) is 0 Å². The van der Waals surface area contributed by atoms with Crippen molar-refractivity contribution >= 4 is 0 Å². The molecule has 2 aromatic rings. The summed E-state index contributed by atoms with van der Waals surface area (Å²) < 4.78 is 107. The number of rotatable bonds is 18. The summed E-state index contributed by atoms with van der Waals surface area (Å²) in [6.45, 7) is 3.50. The third-order valence-corrected chi connectivity index (χ3v) is 8.22. The monoisotopic (exact) mass is 600 g/mol. The van der Waals surface area contributed by atoms with Crippen LogP contribution < -0.4 is 9.47 Å². The summed E-state index contributed by atoms with van der Waals surface area (Å²) in [7, 11) is 0. The maximum absolute atomic E-state index is 15.6. The zero-order valence-corrected chi connectivity index (χ0v) is 24.4. The number of hydrogen-bond donors (Lipinski definition) is 0. The quantitative estimate of drug-likeness (QED) is 0.126. The van der Waals surface area contributed by atoms with E-state index in [2.05, 4.69) is 6.92 Å². The van der Waals surface area contributed by atoms with Gasteiger partial charge >= 0.3 is 0 Å². The highest BCUT2D eigenvalue weighted by molar-refractivity contribution is 5.46. The summed E-state index contributed by atoms with van der Waals surface area (Å²) in [5.74, 6) is -11.8. The fourth-order valence-electron chi connectivity index (χ4n) is 5.56. The lowest BCUT2D eigenvalue weighted by Gasteiger charge is -2.34. The molecule has 1 atom stereocenters. The van der Waals surface area contributed by atoms with Gasteiger partial charge < -0.3 is 14.2 Å². The van der Waals surface area contributed by atoms with Crippen molar-refractivity contribution in [3.63, 3.8) is 0 Å². The molecule has 0 aromatic heterocycles. The molecule has 0 N–H and O–H groups in total. The molecule has 0 aliphatic heterocycles. The Morgan fingerprint density at radius 2 is 1.36 bits per heavy atom. The van der Waals surface area contributed by atoms with Gasteiger partial charge in [0, 0.05) is 18.8 Å². The number of halogens is 6. The van der Waals surface area contributed by atoms with Crippen molar-refractivity contribution in [2.45, 2.75) is 102 Å². The van der Waals surface area contributed by atoms with Gasteiger partial charge in [0.2, 0.25) is 11.6 Å². The van der Waals surface area contributed by atoms with Crippen molar-refractivity contribution < 1.29 is 40.6 Å². The summed E-state index contributed by atoms with van der Waals surface area (Å²) >= 11 is 0. The predicted octanol–water partition coefficient (Wildman–Crippen LogP) is 9.78. The molecular formula is C33H42F6O3. The smallest absolute Gasteiger partial charge is 0.283 e. The van der Waals surface area contributed by atoms with E-state index >= 15 is 17.6 Å². The Labute approximate surface area is 244 Å². The third-order valence-electron chi connectivity index (χ3n) is 8.22. The van der Waals surface area contributed by atoms with Crippen molar-refractivity contribution in [2.24, 2.45) is 5.92 Å². The zero-order valence-electron chi connectivity index (χ0n) is 24.4. The van der Waals surface area contributed by atoms with Crippen LogP contribution in [-0.2, 0) is 17.1 Å². The van der Waals surface area contributed by atoms with Gasteiger partial charge in [0.1, 0.15) is 0 Å². The molecule has 1 fully saturated rings. The Hall–Kier alpha value is -2.42. The minimum atomic E-state index is -3.97. The third kappa shape index (κ3) is 8.14. The number of benzene rings is 2. The number of fused-ring (bicyclic) bond motifs is 1. The van der Waals surface area contributed by atoms with Crippen LogP contribution in [0.2, 0.25) is 0 Å². The van der Waals surface area contributed by atoms with Crippen LogP contribution in [0.1, 0.15) is 107 Å². The van der Waals surface area contributed by atoms with E-state index in [1.165, 1.54) is 19.3 Å². The number of alkyl halides is 2. The fraction of sp³-hybridized carbons (Fsp3) is 0.636.